The van der Waals surface area contributed by atoms with E-state index in [-0.39, 0.29) is 0 Å². The van der Waals surface area contributed by atoms with Crippen molar-refractivity contribution in [2.75, 3.05) is 0 Å². The van der Waals surface area contributed by atoms with Crippen LogP contribution in [-0.4, -0.2) is 19.9 Å². The third-order valence-electron chi connectivity index (χ3n) is 14.7. The van der Waals surface area contributed by atoms with Crippen LogP contribution < -0.4 is 0 Å². The topological polar surface area (TPSA) is 77.8 Å². The van der Waals surface area contributed by atoms with Crippen LogP contribution in [-0.2, 0) is 0 Å². The van der Waals surface area contributed by atoms with Crippen molar-refractivity contribution in [2.24, 2.45) is 0 Å². The highest BCUT2D eigenvalue weighted by molar-refractivity contribution is 6.11. The number of hydrogen-bond donors (Lipinski definition) is 0. The number of nitrogens with zero attached hydrogens (tertiary/aromatic N) is 4. The largest absolute Gasteiger partial charge is 0.455 e. The van der Waals surface area contributed by atoms with E-state index in [1.54, 1.807) is 0 Å². The van der Waals surface area contributed by atoms with Gasteiger partial charge in [-0.05, 0) is 88.0 Å². The highest BCUT2D eigenvalue weighted by Gasteiger charge is 2.18. The molecule has 0 atom stereocenters. The van der Waals surface area contributed by atoms with Crippen molar-refractivity contribution < 1.29 is 8.83 Å². The van der Waals surface area contributed by atoms with Crippen molar-refractivity contribution >= 4 is 65.7 Å². The Morgan fingerprint density at radius 3 is 1.37 bits per heavy atom. The van der Waals surface area contributed by atoms with Gasteiger partial charge in [0.05, 0.1) is 28.1 Å². The molecule has 0 saturated carbocycles. The number of furan rings is 2. The highest BCUT2D eigenvalue weighted by Crippen LogP contribution is 2.41. The van der Waals surface area contributed by atoms with Crippen molar-refractivity contribution in [3.63, 3.8) is 0 Å². The van der Waals surface area contributed by atoms with E-state index < -0.39 is 0 Å². The summed E-state index contributed by atoms with van der Waals surface area (Å²) in [5, 5.41) is 6.56. The molecule has 0 fully saturated rings. The van der Waals surface area contributed by atoms with Crippen LogP contribution in [0.15, 0.2) is 264 Å². The Balaban J connectivity index is 0.868. The van der Waals surface area contributed by atoms with Crippen LogP contribution in [0.25, 0.3) is 155 Å². The summed E-state index contributed by atoms with van der Waals surface area (Å²) in [7, 11) is 0. The second kappa shape index (κ2) is 17.7. The van der Waals surface area contributed by atoms with Crippen LogP contribution in [0, 0.1) is 0 Å². The van der Waals surface area contributed by atoms with Gasteiger partial charge in [0.25, 0.3) is 0 Å². The summed E-state index contributed by atoms with van der Waals surface area (Å²) >= 11 is 0. The average Bonchev–Trinajstić information content (AvgIpc) is 4.09. The van der Waals surface area contributed by atoms with Gasteiger partial charge < -0.3 is 8.83 Å². The van der Waals surface area contributed by atoms with Crippen molar-refractivity contribution in [3.8, 4) is 89.7 Å². The fourth-order valence-electron chi connectivity index (χ4n) is 10.9. The normalized spacial score (nSPS) is 11.7. The van der Waals surface area contributed by atoms with E-state index in [4.69, 9.17) is 28.8 Å². The maximum Gasteiger partial charge on any atom is 0.160 e. The molecule has 0 aliphatic heterocycles. The molecule has 0 radical (unpaired) electrons. The monoisotopic (exact) mass is 970 g/mol. The molecule has 0 N–H and O–H groups in total. The first-order valence-electron chi connectivity index (χ1n) is 25.5. The third-order valence-corrected chi connectivity index (χ3v) is 14.7. The van der Waals surface area contributed by atoms with Crippen molar-refractivity contribution in [3.05, 3.63) is 255 Å². The van der Waals surface area contributed by atoms with Gasteiger partial charge in [-0.1, -0.05) is 194 Å². The lowest BCUT2D eigenvalue weighted by atomic mass is 9.92. The number of aromatic nitrogens is 4. The number of hydrogen-bond acceptors (Lipinski definition) is 6. The summed E-state index contributed by atoms with van der Waals surface area (Å²) in [6, 6.07) is 87.0. The van der Waals surface area contributed by atoms with Crippen molar-refractivity contribution in [1.29, 1.82) is 0 Å². The second-order valence-electron chi connectivity index (χ2n) is 19.3. The average molecular weight is 971 g/mol. The van der Waals surface area contributed by atoms with Gasteiger partial charge in [-0.3, -0.25) is 4.98 Å². The number of rotatable bonds is 8. The molecule has 15 rings (SSSR count). The van der Waals surface area contributed by atoms with Crippen molar-refractivity contribution in [2.45, 2.75) is 0 Å². The van der Waals surface area contributed by atoms with E-state index in [2.05, 4.69) is 200 Å². The Morgan fingerprint density at radius 1 is 0.263 bits per heavy atom. The zero-order valence-corrected chi connectivity index (χ0v) is 40.9. The molecule has 0 unspecified atom stereocenters. The minimum atomic E-state index is 0.639. The van der Waals surface area contributed by atoms with Gasteiger partial charge in [0.2, 0.25) is 0 Å². The summed E-state index contributed by atoms with van der Waals surface area (Å²) in [6.45, 7) is 0. The molecule has 0 aliphatic rings. The summed E-state index contributed by atoms with van der Waals surface area (Å²) < 4.78 is 12.9. The zero-order chi connectivity index (χ0) is 50.1. The Hall–Kier alpha value is -10.3. The minimum Gasteiger partial charge on any atom is -0.455 e. The Bertz CT molecular complexity index is 4570. The van der Waals surface area contributed by atoms with Crippen LogP contribution in [0.3, 0.4) is 0 Å². The maximum atomic E-state index is 6.47. The van der Waals surface area contributed by atoms with Gasteiger partial charge in [0.15, 0.2) is 5.82 Å². The predicted octanol–water partition coefficient (Wildman–Crippen LogP) is 18.7. The molecule has 6 heteroatoms. The van der Waals surface area contributed by atoms with Crippen LogP contribution in [0.2, 0.25) is 0 Å². The molecule has 5 aromatic heterocycles. The molecule has 0 saturated heterocycles. The molecule has 5 heterocycles. The number of pyridine rings is 2. The standard InChI is InChI=1S/C70H42N4O2/c1-2-12-49(13-3-1)70-73-62(51-15-8-14-50(38-51)61-36-35-48-34-33-47-16-11-37-71-66(47)67(48)72-61)42-63(74-70)54-40-52(43-25-29-45(30-26-43)55-19-9-21-59-57-17-4-6-23-64(57)75-68(55)59)39-53(41-54)44-27-31-46(32-28-44)56-20-10-22-60-58-18-5-7-24-65(58)76-69(56)60/h1-42H. The van der Waals surface area contributed by atoms with E-state index >= 15 is 0 Å². The lowest BCUT2D eigenvalue weighted by Gasteiger charge is -2.14. The molecule has 76 heavy (non-hydrogen) atoms. The number of para-hydroxylation sites is 4. The Labute approximate surface area is 436 Å². The SMILES string of the molecule is c1ccc(-c2nc(-c3cc(-c4ccc(-c5cccc6c5oc5ccccc56)cc4)cc(-c4ccc(-c5cccc6c5oc5ccccc56)cc4)c3)cc(-c3cccc(-c4ccc5ccc6cccnc6c5n4)c3)n2)cc1. The van der Waals surface area contributed by atoms with Crippen molar-refractivity contribution in [1.82, 2.24) is 19.9 Å². The smallest absolute Gasteiger partial charge is 0.160 e. The fourth-order valence-corrected chi connectivity index (χ4v) is 10.9. The van der Waals surface area contributed by atoms with Gasteiger partial charge >= 0.3 is 0 Å². The number of benzene rings is 10. The maximum absolute atomic E-state index is 6.47. The van der Waals surface area contributed by atoms with Crippen LogP contribution in [0.4, 0.5) is 0 Å². The fraction of sp³-hybridized carbons (Fsp3) is 0. The van der Waals surface area contributed by atoms with E-state index in [0.717, 1.165) is 150 Å². The van der Waals surface area contributed by atoms with E-state index in [0.29, 0.717) is 5.82 Å². The molecule has 0 spiro atoms. The number of fused-ring (bicyclic) bond motifs is 9. The van der Waals surface area contributed by atoms with Crippen LogP contribution in [0.1, 0.15) is 0 Å². The molecular formula is C70H42N4O2. The summed E-state index contributed by atoms with van der Waals surface area (Å²) in [4.78, 5) is 20.6. The highest BCUT2D eigenvalue weighted by atomic mass is 16.3. The van der Waals surface area contributed by atoms with Gasteiger partial charge in [0.1, 0.15) is 22.3 Å². The molecule has 0 amide bonds. The molecule has 15 aromatic rings. The minimum absolute atomic E-state index is 0.639. The predicted molar refractivity (Wildman–Crippen MR) is 311 cm³/mol. The van der Waals surface area contributed by atoms with Crippen LogP contribution in [0.5, 0.6) is 0 Å². The lowest BCUT2D eigenvalue weighted by molar-refractivity contribution is 0.669. The Kier molecular flexibility index (Phi) is 10.1. The summed E-state index contributed by atoms with van der Waals surface area (Å²) in [5.41, 5.74) is 20.2. The van der Waals surface area contributed by atoms with E-state index in [1.807, 2.05) is 54.7 Å². The molecule has 0 bridgehead atoms. The van der Waals surface area contributed by atoms with Gasteiger partial charge in [-0.25, -0.2) is 15.0 Å². The van der Waals surface area contributed by atoms with Gasteiger partial charge in [-0.15, -0.1) is 0 Å². The van der Waals surface area contributed by atoms with E-state index in [1.165, 1.54) is 0 Å². The summed E-state index contributed by atoms with van der Waals surface area (Å²) in [6.07, 6.45) is 1.83. The Morgan fingerprint density at radius 2 is 0.737 bits per heavy atom. The molecule has 6 nitrogen and oxygen atoms in total. The first kappa shape index (κ1) is 43.3. The summed E-state index contributed by atoms with van der Waals surface area (Å²) in [5.74, 6) is 0.639. The molecule has 0 aliphatic carbocycles. The molecule has 10 aromatic carbocycles. The zero-order valence-electron chi connectivity index (χ0n) is 40.9. The first-order valence-corrected chi connectivity index (χ1v) is 25.5. The second-order valence-corrected chi connectivity index (χ2v) is 19.3. The molecular weight excluding hydrogens is 929 g/mol. The molecule has 354 valence electrons. The van der Waals surface area contributed by atoms with Gasteiger partial charge in [-0.2, -0.15) is 0 Å². The quantitative estimate of drug-likeness (QED) is 0.141. The lowest BCUT2D eigenvalue weighted by Crippen LogP contribution is -1.97. The van der Waals surface area contributed by atoms with E-state index in [9.17, 15) is 0 Å². The first-order chi connectivity index (χ1) is 37.6. The third kappa shape index (κ3) is 7.50. The van der Waals surface area contributed by atoms with Crippen LogP contribution >= 0.6 is 0 Å². The van der Waals surface area contributed by atoms with Gasteiger partial charge in [0, 0.05) is 71.9 Å².